The maximum atomic E-state index is 9.79. The van der Waals surface area contributed by atoms with Crippen LogP contribution in [0.5, 0.6) is 0 Å². The van der Waals surface area contributed by atoms with Crippen LogP contribution in [0.2, 0.25) is 0 Å². The van der Waals surface area contributed by atoms with Crippen LogP contribution in [0.1, 0.15) is 47.5 Å². The lowest BCUT2D eigenvalue weighted by atomic mass is 9.77. The molecule has 0 aliphatic rings. The van der Waals surface area contributed by atoms with Gasteiger partial charge in [0.15, 0.2) is 0 Å². The monoisotopic (exact) mass is 188 g/mol. The normalized spacial score (nSPS) is 19.6. The molecule has 0 amide bonds. The molecular weight excluding hydrogens is 164 g/mol. The van der Waals surface area contributed by atoms with Gasteiger partial charge in [-0.2, -0.15) is 0 Å². The van der Waals surface area contributed by atoms with Crippen LogP contribution in [-0.2, 0) is 0 Å². The van der Waals surface area contributed by atoms with Crippen molar-refractivity contribution in [1.29, 1.82) is 0 Å². The number of aliphatic hydroxyl groups is 2. The van der Waals surface area contributed by atoms with Gasteiger partial charge in [-0.3, -0.25) is 0 Å². The molecule has 0 radical (unpaired) electrons. The van der Waals surface area contributed by atoms with Gasteiger partial charge in [0.05, 0.1) is 12.2 Å². The Balaban J connectivity index is 4.03. The molecule has 0 aromatic heterocycles. The van der Waals surface area contributed by atoms with E-state index in [1.165, 1.54) is 0 Å². The maximum absolute atomic E-state index is 9.79. The van der Waals surface area contributed by atoms with Crippen LogP contribution in [0, 0.1) is 11.3 Å². The number of hydrogen-bond donors (Lipinski definition) is 2. The molecule has 0 fully saturated rings. The van der Waals surface area contributed by atoms with Crippen molar-refractivity contribution in [2.45, 2.75) is 59.7 Å². The molecule has 0 spiro atoms. The Morgan fingerprint density at radius 1 is 1.15 bits per heavy atom. The molecule has 0 aliphatic carbocycles. The lowest BCUT2D eigenvalue weighted by Crippen LogP contribution is -2.32. The second-order valence-electron chi connectivity index (χ2n) is 5.02. The van der Waals surface area contributed by atoms with E-state index in [2.05, 4.69) is 20.8 Å². The Morgan fingerprint density at radius 2 is 1.62 bits per heavy atom. The molecule has 0 heterocycles. The first-order valence-electron chi connectivity index (χ1n) is 5.15. The highest BCUT2D eigenvalue weighted by molar-refractivity contribution is 4.78. The van der Waals surface area contributed by atoms with Crippen molar-refractivity contribution in [3.8, 4) is 0 Å². The minimum atomic E-state index is -0.394. The average molecular weight is 188 g/mol. The predicted molar refractivity (Wildman–Crippen MR) is 55.5 cm³/mol. The molecule has 2 heteroatoms. The molecule has 2 nitrogen and oxygen atoms in total. The van der Waals surface area contributed by atoms with E-state index in [0.29, 0.717) is 12.8 Å². The Labute approximate surface area is 82.0 Å². The van der Waals surface area contributed by atoms with Crippen molar-refractivity contribution in [3.05, 3.63) is 0 Å². The Hall–Kier alpha value is -0.0800. The maximum Gasteiger partial charge on any atom is 0.0595 e. The third-order valence-corrected chi connectivity index (χ3v) is 2.93. The van der Waals surface area contributed by atoms with Gasteiger partial charge in [-0.1, -0.05) is 34.6 Å². The minimum Gasteiger partial charge on any atom is -0.393 e. The fourth-order valence-electron chi connectivity index (χ4n) is 1.23. The van der Waals surface area contributed by atoms with Gasteiger partial charge in [0, 0.05) is 0 Å². The summed E-state index contributed by atoms with van der Waals surface area (Å²) in [6.45, 7) is 10.3. The summed E-state index contributed by atoms with van der Waals surface area (Å²) < 4.78 is 0. The number of rotatable bonds is 4. The van der Waals surface area contributed by atoms with E-state index in [4.69, 9.17) is 0 Å². The quantitative estimate of drug-likeness (QED) is 0.710. The Bertz CT molecular complexity index is 138. The van der Waals surface area contributed by atoms with Crippen LogP contribution in [0.3, 0.4) is 0 Å². The summed E-state index contributed by atoms with van der Waals surface area (Å²) in [5.41, 5.74) is 0.104. The van der Waals surface area contributed by atoms with Crippen molar-refractivity contribution in [2.75, 3.05) is 0 Å². The second-order valence-corrected chi connectivity index (χ2v) is 5.02. The summed E-state index contributed by atoms with van der Waals surface area (Å²) in [5.74, 6) is 0.216. The first-order valence-corrected chi connectivity index (χ1v) is 5.15. The number of hydrogen-bond acceptors (Lipinski definition) is 2. The van der Waals surface area contributed by atoms with E-state index in [1.807, 2.05) is 13.8 Å². The summed E-state index contributed by atoms with van der Waals surface area (Å²) in [7, 11) is 0. The van der Waals surface area contributed by atoms with E-state index in [0.717, 1.165) is 0 Å². The van der Waals surface area contributed by atoms with Crippen molar-refractivity contribution in [3.63, 3.8) is 0 Å². The summed E-state index contributed by atoms with van der Waals surface area (Å²) in [6.07, 6.45) is 0.456. The zero-order chi connectivity index (χ0) is 10.6. The van der Waals surface area contributed by atoms with E-state index in [1.54, 1.807) is 0 Å². The van der Waals surface area contributed by atoms with Crippen molar-refractivity contribution < 1.29 is 10.2 Å². The Morgan fingerprint density at radius 3 is 1.92 bits per heavy atom. The third-order valence-electron chi connectivity index (χ3n) is 2.93. The first-order chi connectivity index (χ1) is 5.79. The van der Waals surface area contributed by atoms with E-state index < -0.39 is 6.10 Å². The molecule has 0 aromatic carbocycles. The largest absolute Gasteiger partial charge is 0.393 e. The van der Waals surface area contributed by atoms with Crippen molar-refractivity contribution in [1.82, 2.24) is 0 Å². The molecular formula is C11H24O2. The molecule has 3 unspecified atom stereocenters. The van der Waals surface area contributed by atoms with Gasteiger partial charge in [-0.25, -0.2) is 0 Å². The highest BCUT2D eigenvalue weighted by Crippen LogP contribution is 2.29. The molecule has 0 aliphatic heterocycles. The lowest BCUT2D eigenvalue weighted by Gasteiger charge is -2.32. The predicted octanol–water partition coefficient (Wildman–Crippen LogP) is 2.19. The standard InChI is InChI=1S/C11H24O2/c1-6-9(12)7-10(13)8(2)11(3,4)5/h8-10,12-13H,6-7H2,1-5H3. The summed E-state index contributed by atoms with van der Waals surface area (Å²) >= 11 is 0. The molecule has 0 aromatic rings. The van der Waals surface area contributed by atoms with Crippen LogP contribution < -0.4 is 0 Å². The molecule has 80 valence electrons. The molecule has 0 saturated carbocycles. The van der Waals surface area contributed by atoms with E-state index >= 15 is 0 Å². The molecule has 13 heavy (non-hydrogen) atoms. The first kappa shape index (κ1) is 12.9. The van der Waals surface area contributed by atoms with Crippen LogP contribution >= 0.6 is 0 Å². The van der Waals surface area contributed by atoms with E-state index in [9.17, 15) is 10.2 Å². The zero-order valence-corrected chi connectivity index (χ0v) is 9.54. The molecule has 3 atom stereocenters. The minimum absolute atomic E-state index is 0.104. The topological polar surface area (TPSA) is 40.5 Å². The van der Waals surface area contributed by atoms with Gasteiger partial charge in [0.1, 0.15) is 0 Å². The van der Waals surface area contributed by atoms with Gasteiger partial charge < -0.3 is 10.2 Å². The fraction of sp³-hybridized carbons (Fsp3) is 1.00. The van der Waals surface area contributed by atoms with Crippen LogP contribution in [-0.4, -0.2) is 22.4 Å². The number of aliphatic hydroxyl groups excluding tert-OH is 2. The Kier molecular flexibility index (Phi) is 4.93. The summed E-state index contributed by atoms with van der Waals surface area (Å²) in [6, 6.07) is 0. The van der Waals surface area contributed by atoms with Gasteiger partial charge >= 0.3 is 0 Å². The van der Waals surface area contributed by atoms with Gasteiger partial charge in [-0.15, -0.1) is 0 Å². The van der Waals surface area contributed by atoms with Gasteiger partial charge in [-0.05, 0) is 24.2 Å². The average Bonchev–Trinajstić information content (AvgIpc) is 2.01. The van der Waals surface area contributed by atoms with Gasteiger partial charge in [0.2, 0.25) is 0 Å². The zero-order valence-electron chi connectivity index (χ0n) is 9.54. The van der Waals surface area contributed by atoms with Crippen LogP contribution in [0.25, 0.3) is 0 Å². The molecule has 0 saturated heterocycles. The summed E-state index contributed by atoms with van der Waals surface area (Å²) in [4.78, 5) is 0. The van der Waals surface area contributed by atoms with Crippen LogP contribution in [0.4, 0.5) is 0 Å². The lowest BCUT2D eigenvalue weighted by molar-refractivity contribution is 0.0109. The van der Waals surface area contributed by atoms with Crippen LogP contribution in [0.15, 0.2) is 0 Å². The fourth-order valence-corrected chi connectivity index (χ4v) is 1.23. The molecule has 0 bridgehead atoms. The molecule has 0 rings (SSSR count). The van der Waals surface area contributed by atoms with Crippen molar-refractivity contribution in [2.24, 2.45) is 11.3 Å². The highest BCUT2D eigenvalue weighted by Gasteiger charge is 2.27. The highest BCUT2D eigenvalue weighted by atomic mass is 16.3. The SMILES string of the molecule is CCC(O)CC(O)C(C)C(C)(C)C. The summed E-state index contributed by atoms with van der Waals surface area (Å²) in [5, 5.41) is 19.2. The van der Waals surface area contributed by atoms with E-state index in [-0.39, 0.29) is 17.4 Å². The van der Waals surface area contributed by atoms with Gasteiger partial charge in [0.25, 0.3) is 0 Å². The second kappa shape index (κ2) is 4.97. The third kappa shape index (κ3) is 4.63. The van der Waals surface area contributed by atoms with Crippen molar-refractivity contribution >= 4 is 0 Å². The molecule has 2 N–H and O–H groups in total. The smallest absolute Gasteiger partial charge is 0.0595 e.